The van der Waals surface area contributed by atoms with Crippen molar-refractivity contribution < 1.29 is 21.7 Å². The number of nitriles is 1. The lowest BCUT2D eigenvalue weighted by Crippen LogP contribution is -2.33. The highest BCUT2D eigenvalue weighted by atomic mass is 32.3. The molecule has 1 saturated heterocycles. The van der Waals surface area contributed by atoms with Crippen molar-refractivity contribution in [1.29, 1.82) is 5.26 Å². The van der Waals surface area contributed by atoms with Gasteiger partial charge in [0, 0.05) is 0 Å². The molecule has 0 radical (unpaired) electrons. The van der Waals surface area contributed by atoms with Gasteiger partial charge in [0.05, 0.1) is 23.8 Å². The summed E-state index contributed by atoms with van der Waals surface area (Å²) in [6.07, 6.45) is -0.114. The molecule has 0 saturated carbocycles. The number of rotatable bonds is 2. The Kier molecular flexibility index (Phi) is 3.06. The van der Waals surface area contributed by atoms with E-state index in [0.717, 1.165) is 6.26 Å². The third kappa shape index (κ3) is 3.06. The summed E-state index contributed by atoms with van der Waals surface area (Å²) in [4.78, 5) is 0. The van der Waals surface area contributed by atoms with Crippen LogP contribution in [0.2, 0.25) is 0 Å². The maximum absolute atomic E-state index is 10.9. The van der Waals surface area contributed by atoms with Crippen LogP contribution in [0.25, 0.3) is 0 Å². The predicted octanol–water partition coefficient (Wildman–Crippen LogP) is 0.625. The maximum Gasteiger partial charge on any atom is 0.264 e. The van der Waals surface area contributed by atoms with Crippen molar-refractivity contribution in [2.24, 2.45) is 5.41 Å². The Bertz CT molecular complexity index is 398. The zero-order chi connectivity index (χ0) is 11.9. The molecule has 0 aromatic heterocycles. The lowest BCUT2D eigenvalue weighted by molar-refractivity contribution is 0.154. The van der Waals surface area contributed by atoms with E-state index >= 15 is 0 Å². The molecule has 6 nitrogen and oxygen atoms in total. The van der Waals surface area contributed by atoms with E-state index in [1.807, 2.05) is 6.07 Å². The molecule has 0 aliphatic carbocycles. The molecule has 0 spiro atoms. The zero-order valence-corrected chi connectivity index (χ0v) is 10.0. The van der Waals surface area contributed by atoms with Crippen LogP contribution in [0.3, 0.4) is 0 Å². The van der Waals surface area contributed by atoms with Gasteiger partial charge in [-0.3, -0.25) is 13.3 Å². The van der Waals surface area contributed by atoms with Crippen LogP contribution < -0.4 is 0 Å². The second-order valence-electron chi connectivity index (χ2n) is 3.93. The minimum atomic E-state index is -3.70. The molecular weight excluding hydrogens is 242 g/mol. The van der Waals surface area contributed by atoms with E-state index in [4.69, 9.17) is 9.44 Å². The Hall–Kier alpha value is -0.330. The lowest BCUT2D eigenvalue weighted by Gasteiger charge is -2.26. The highest BCUT2D eigenvalue weighted by Crippen LogP contribution is 2.54. The van der Waals surface area contributed by atoms with Gasteiger partial charge in [0.2, 0.25) is 0 Å². The SMILES string of the molecule is CC1(C#N)CS(O)(O)CC1OS(C)(=O)=O. The van der Waals surface area contributed by atoms with Crippen LogP contribution in [0.5, 0.6) is 0 Å². The molecular formula is C7H13NO5S2. The van der Waals surface area contributed by atoms with Gasteiger partial charge in [-0.25, -0.2) is 0 Å². The summed E-state index contributed by atoms with van der Waals surface area (Å²) in [6.45, 7) is 1.46. The van der Waals surface area contributed by atoms with E-state index in [0.29, 0.717) is 0 Å². The Morgan fingerprint density at radius 3 is 2.53 bits per heavy atom. The summed E-state index contributed by atoms with van der Waals surface area (Å²) in [5.74, 6) is -0.346. The van der Waals surface area contributed by atoms with E-state index in [1.165, 1.54) is 6.92 Å². The van der Waals surface area contributed by atoms with Crippen molar-refractivity contribution >= 4 is 20.7 Å². The van der Waals surface area contributed by atoms with Crippen molar-refractivity contribution in [2.45, 2.75) is 13.0 Å². The lowest BCUT2D eigenvalue weighted by atomic mass is 9.90. The minimum absolute atomic E-state index is 0.142. The molecule has 2 unspecified atom stereocenters. The van der Waals surface area contributed by atoms with Gasteiger partial charge in [-0.15, -0.1) is 0 Å². The van der Waals surface area contributed by atoms with Gasteiger partial charge in [-0.2, -0.15) is 24.3 Å². The van der Waals surface area contributed by atoms with Crippen LogP contribution in [0.15, 0.2) is 0 Å². The van der Waals surface area contributed by atoms with Gasteiger partial charge in [0.15, 0.2) is 0 Å². The zero-order valence-electron chi connectivity index (χ0n) is 8.37. The molecule has 0 bridgehead atoms. The molecule has 0 amide bonds. The van der Waals surface area contributed by atoms with Crippen LogP contribution in [-0.4, -0.2) is 41.4 Å². The monoisotopic (exact) mass is 255 g/mol. The fourth-order valence-electron chi connectivity index (χ4n) is 1.51. The van der Waals surface area contributed by atoms with Crippen LogP contribution >= 0.6 is 10.6 Å². The first-order chi connectivity index (χ1) is 6.58. The second-order valence-corrected chi connectivity index (χ2v) is 7.76. The van der Waals surface area contributed by atoms with Crippen LogP contribution in [-0.2, 0) is 14.3 Å². The van der Waals surface area contributed by atoms with Gasteiger partial charge >= 0.3 is 0 Å². The summed E-state index contributed by atoms with van der Waals surface area (Å²) in [5, 5.41) is 8.89. The molecule has 0 aromatic carbocycles. The van der Waals surface area contributed by atoms with Crippen LogP contribution in [0.4, 0.5) is 0 Å². The molecule has 1 heterocycles. The van der Waals surface area contributed by atoms with Gasteiger partial charge in [-0.05, 0) is 6.92 Å². The Labute approximate surface area is 90.3 Å². The highest BCUT2D eigenvalue weighted by Gasteiger charge is 2.50. The van der Waals surface area contributed by atoms with Gasteiger partial charge in [-0.1, -0.05) is 0 Å². The average molecular weight is 255 g/mol. The quantitative estimate of drug-likeness (QED) is 0.700. The van der Waals surface area contributed by atoms with Gasteiger partial charge in [0.1, 0.15) is 11.5 Å². The molecule has 8 heteroatoms. The third-order valence-electron chi connectivity index (χ3n) is 2.21. The number of nitrogens with zero attached hydrogens (tertiary/aromatic N) is 1. The van der Waals surface area contributed by atoms with E-state index in [9.17, 15) is 17.5 Å². The largest absolute Gasteiger partial charge is 0.299 e. The summed E-state index contributed by atoms with van der Waals surface area (Å²) in [5.41, 5.74) is -1.16. The molecule has 1 aliphatic heterocycles. The molecule has 88 valence electrons. The predicted molar refractivity (Wildman–Crippen MR) is 56.0 cm³/mol. The van der Waals surface area contributed by atoms with Gasteiger partial charge in [0.25, 0.3) is 10.1 Å². The molecule has 15 heavy (non-hydrogen) atoms. The van der Waals surface area contributed by atoms with E-state index < -0.39 is 32.2 Å². The topological polar surface area (TPSA) is 108 Å². The maximum atomic E-state index is 10.9. The molecule has 2 N–H and O–H groups in total. The Morgan fingerprint density at radius 1 is 1.60 bits per heavy atom. The first kappa shape index (κ1) is 12.7. The van der Waals surface area contributed by atoms with Crippen molar-refractivity contribution in [2.75, 3.05) is 17.8 Å². The fraction of sp³-hybridized carbons (Fsp3) is 0.857. The summed E-state index contributed by atoms with van der Waals surface area (Å²) in [6, 6.07) is 1.88. The molecule has 1 rings (SSSR count). The van der Waals surface area contributed by atoms with E-state index in [1.54, 1.807) is 0 Å². The third-order valence-corrected chi connectivity index (χ3v) is 4.69. The average Bonchev–Trinajstić information content (AvgIpc) is 2.19. The smallest absolute Gasteiger partial charge is 0.264 e. The van der Waals surface area contributed by atoms with Crippen molar-refractivity contribution in [1.82, 2.24) is 0 Å². The normalized spacial score (nSPS) is 37.1. The summed E-state index contributed by atoms with van der Waals surface area (Å²) >= 11 is 0. The minimum Gasteiger partial charge on any atom is -0.299 e. The molecule has 1 fully saturated rings. The summed E-state index contributed by atoms with van der Waals surface area (Å²) in [7, 11) is -6.60. The highest BCUT2D eigenvalue weighted by molar-refractivity contribution is 8.24. The molecule has 1 aliphatic rings. The fourth-order valence-corrected chi connectivity index (χ4v) is 4.55. The first-order valence-electron chi connectivity index (χ1n) is 4.11. The van der Waals surface area contributed by atoms with Gasteiger partial charge < -0.3 is 0 Å². The van der Waals surface area contributed by atoms with Crippen LogP contribution in [0, 0.1) is 16.7 Å². The molecule has 2 atom stereocenters. The Balaban J connectivity index is 2.95. The van der Waals surface area contributed by atoms with Crippen LogP contribution in [0.1, 0.15) is 6.92 Å². The number of hydrogen-bond donors (Lipinski definition) is 2. The van der Waals surface area contributed by atoms with E-state index in [-0.39, 0.29) is 11.5 Å². The second kappa shape index (κ2) is 3.61. The van der Waals surface area contributed by atoms with Crippen molar-refractivity contribution in [3.05, 3.63) is 0 Å². The van der Waals surface area contributed by atoms with Crippen molar-refractivity contribution in [3.63, 3.8) is 0 Å². The number of hydrogen-bond acceptors (Lipinski definition) is 6. The van der Waals surface area contributed by atoms with E-state index in [2.05, 4.69) is 0 Å². The standard InChI is InChI=1S/C7H13NO5S2/c1-7(4-8)5-15(11,12)3-6(7)13-14(2,9)10/h6,11-12H,3,5H2,1-2H3. The molecule has 0 aromatic rings. The van der Waals surface area contributed by atoms with Crippen molar-refractivity contribution in [3.8, 4) is 6.07 Å². The Morgan fingerprint density at radius 2 is 2.13 bits per heavy atom. The first-order valence-corrected chi connectivity index (χ1v) is 7.81. The summed E-state index contributed by atoms with van der Waals surface area (Å²) < 4.78 is 45.4.